The molecule has 0 unspecified atom stereocenters. The van der Waals surface area contributed by atoms with Crippen molar-refractivity contribution < 1.29 is 9.50 Å². The summed E-state index contributed by atoms with van der Waals surface area (Å²) in [4.78, 5) is 1.88. The van der Waals surface area contributed by atoms with Gasteiger partial charge in [-0.1, -0.05) is 6.07 Å². The summed E-state index contributed by atoms with van der Waals surface area (Å²) in [6, 6.07) is 4.76. The van der Waals surface area contributed by atoms with E-state index in [1.165, 1.54) is 12.1 Å². The lowest BCUT2D eigenvalue weighted by molar-refractivity contribution is 0.288. The summed E-state index contributed by atoms with van der Waals surface area (Å²) in [7, 11) is 3.77. The summed E-state index contributed by atoms with van der Waals surface area (Å²) in [5.41, 5.74) is 1.96. The monoisotopic (exact) mass is 197 g/mol. The predicted octanol–water partition coefficient (Wildman–Crippen LogP) is 1.82. The van der Waals surface area contributed by atoms with Gasteiger partial charge in [0.1, 0.15) is 5.82 Å². The van der Waals surface area contributed by atoms with E-state index in [9.17, 15) is 4.39 Å². The Bertz CT molecular complexity index is 299. The van der Waals surface area contributed by atoms with E-state index in [1.54, 1.807) is 6.07 Å². The lowest BCUT2D eigenvalue weighted by Crippen LogP contribution is -2.11. The van der Waals surface area contributed by atoms with Crippen LogP contribution in [0.15, 0.2) is 18.2 Å². The van der Waals surface area contributed by atoms with Crippen LogP contribution < -0.4 is 4.90 Å². The highest BCUT2D eigenvalue weighted by molar-refractivity contribution is 5.52. The first-order chi connectivity index (χ1) is 6.65. The predicted molar refractivity (Wildman–Crippen MR) is 56.1 cm³/mol. The third kappa shape index (κ3) is 2.70. The molecule has 14 heavy (non-hydrogen) atoms. The minimum absolute atomic E-state index is 0.171. The fourth-order valence-corrected chi connectivity index (χ4v) is 1.43. The Morgan fingerprint density at radius 1 is 1.36 bits per heavy atom. The smallest absolute Gasteiger partial charge is 0.125 e. The zero-order valence-electron chi connectivity index (χ0n) is 8.63. The van der Waals surface area contributed by atoms with Gasteiger partial charge in [-0.3, -0.25) is 0 Å². The molecule has 3 heteroatoms. The van der Waals surface area contributed by atoms with Crippen LogP contribution in [0.5, 0.6) is 0 Å². The molecule has 1 aromatic rings. The van der Waals surface area contributed by atoms with Crippen molar-refractivity contribution in [3.05, 3.63) is 29.6 Å². The standard InChI is InChI=1S/C11H16FNO/c1-13(2)11-8-10(12)6-5-9(11)4-3-7-14/h5-6,8,14H,3-4,7H2,1-2H3. The van der Waals surface area contributed by atoms with Crippen molar-refractivity contribution in [2.24, 2.45) is 0 Å². The number of rotatable bonds is 4. The number of benzene rings is 1. The lowest BCUT2D eigenvalue weighted by Gasteiger charge is -2.17. The molecule has 0 atom stereocenters. The van der Waals surface area contributed by atoms with E-state index in [0.29, 0.717) is 6.42 Å². The molecule has 0 aliphatic rings. The van der Waals surface area contributed by atoms with Gasteiger partial charge in [-0.15, -0.1) is 0 Å². The van der Waals surface area contributed by atoms with Gasteiger partial charge >= 0.3 is 0 Å². The maximum absolute atomic E-state index is 13.0. The number of aliphatic hydroxyl groups is 1. The molecule has 1 rings (SSSR count). The lowest BCUT2D eigenvalue weighted by atomic mass is 10.1. The van der Waals surface area contributed by atoms with Crippen LogP contribution in [0, 0.1) is 5.82 Å². The summed E-state index contributed by atoms with van der Waals surface area (Å²) in [6.45, 7) is 0.171. The van der Waals surface area contributed by atoms with E-state index in [0.717, 1.165) is 17.7 Å². The summed E-state index contributed by atoms with van der Waals surface area (Å²) < 4.78 is 13.0. The van der Waals surface area contributed by atoms with Crippen LogP contribution >= 0.6 is 0 Å². The molecule has 0 aromatic heterocycles. The van der Waals surface area contributed by atoms with Crippen molar-refractivity contribution in [1.29, 1.82) is 0 Å². The van der Waals surface area contributed by atoms with Crippen LogP contribution in [0.25, 0.3) is 0 Å². The molecular weight excluding hydrogens is 181 g/mol. The van der Waals surface area contributed by atoms with Gasteiger partial charge in [0.15, 0.2) is 0 Å². The van der Waals surface area contributed by atoms with Gasteiger partial charge in [-0.25, -0.2) is 4.39 Å². The highest BCUT2D eigenvalue weighted by Crippen LogP contribution is 2.21. The third-order valence-electron chi connectivity index (χ3n) is 2.13. The van der Waals surface area contributed by atoms with Crippen LogP contribution in [0.4, 0.5) is 10.1 Å². The minimum atomic E-state index is -0.221. The summed E-state index contributed by atoms with van der Waals surface area (Å²) in [5.74, 6) is -0.221. The Hall–Kier alpha value is -1.09. The number of halogens is 1. The molecule has 2 nitrogen and oxygen atoms in total. The molecule has 1 N–H and O–H groups in total. The third-order valence-corrected chi connectivity index (χ3v) is 2.13. The Balaban J connectivity index is 2.90. The summed E-state index contributed by atoms with van der Waals surface area (Å²) in [6.07, 6.45) is 1.50. The van der Waals surface area contributed by atoms with Crippen molar-refractivity contribution in [2.45, 2.75) is 12.8 Å². The highest BCUT2D eigenvalue weighted by atomic mass is 19.1. The van der Waals surface area contributed by atoms with E-state index in [4.69, 9.17) is 5.11 Å². The average molecular weight is 197 g/mol. The van der Waals surface area contributed by atoms with E-state index >= 15 is 0 Å². The molecule has 0 aliphatic heterocycles. The zero-order valence-corrected chi connectivity index (χ0v) is 8.63. The van der Waals surface area contributed by atoms with Crippen LogP contribution in [0.3, 0.4) is 0 Å². The van der Waals surface area contributed by atoms with Gasteiger partial charge in [-0.05, 0) is 30.5 Å². The molecule has 0 radical (unpaired) electrons. The number of hydrogen-bond acceptors (Lipinski definition) is 2. The van der Waals surface area contributed by atoms with Crippen molar-refractivity contribution in [2.75, 3.05) is 25.6 Å². The molecule has 78 valence electrons. The van der Waals surface area contributed by atoms with Crippen molar-refractivity contribution in [3.8, 4) is 0 Å². The Labute approximate surface area is 84.0 Å². The van der Waals surface area contributed by atoms with E-state index < -0.39 is 0 Å². The molecule has 0 fully saturated rings. The Kier molecular flexibility index (Phi) is 3.89. The topological polar surface area (TPSA) is 23.5 Å². The molecule has 0 heterocycles. The van der Waals surface area contributed by atoms with Gasteiger partial charge in [0, 0.05) is 26.4 Å². The second-order valence-electron chi connectivity index (χ2n) is 3.49. The molecule has 0 bridgehead atoms. The molecule has 0 saturated heterocycles. The van der Waals surface area contributed by atoms with E-state index in [1.807, 2.05) is 19.0 Å². The molecule has 0 spiro atoms. The first kappa shape index (κ1) is 11.0. The van der Waals surface area contributed by atoms with Crippen LogP contribution in [-0.4, -0.2) is 25.8 Å². The first-order valence-corrected chi connectivity index (χ1v) is 4.71. The van der Waals surface area contributed by atoms with E-state index in [2.05, 4.69) is 0 Å². The van der Waals surface area contributed by atoms with Crippen LogP contribution in [-0.2, 0) is 6.42 Å². The minimum Gasteiger partial charge on any atom is -0.396 e. The largest absolute Gasteiger partial charge is 0.396 e. The van der Waals surface area contributed by atoms with Gasteiger partial charge in [0.2, 0.25) is 0 Å². The average Bonchev–Trinajstić information content (AvgIpc) is 2.15. The maximum Gasteiger partial charge on any atom is 0.125 e. The second kappa shape index (κ2) is 4.96. The van der Waals surface area contributed by atoms with Gasteiger partial charge in [0.05, 0.1) is 0 Å². The maximum atomic E-state index is 13.0. The molecule has 0 saturated carbocycles. The van der Waals surface area contributed by atoms with Crippen LogP contribution in [0.1, 0.15) is 12.0 Å². The summed E-state index contributed by atoms with van der Waals surface area (Å²) in [5, 5.41) is 8.72. The van der Waals surface area contributed by atoms with Crippen molar-refractivity contribution >= 4 is 5.69 Å². The number of hydrogen-bond donors (Lipinski definition) is 1. The molecule has 1 aromatic carbocycles. The number of aryl methyl sites for hydroxylation is 1. The van der Waals surface area contributed by atoms with Crippen molar-refractivity contribution in [1.82, 2.24) is 0 Å². The first-order valence-electron chi connectivity index (χ1n) is 4.71. The number of nitrogens with zero attached hydrogens (tertiary/aromatic N) is 1. The van der Waals surface area contributed by atoms with Gasteiger partial charge in [-0.2, -0.15) is 0 Å². The second-order valence-corrected chi connectivity index (χ2v) is 3.49. The SMILES string of the molecule is CN(C)c1cc(F)ccc1CCCO. The van der Waals surface area contributed by atoms with Crippen LogP contribution in [0.2, 0.25) is 0 Å². The van der Waals surface area contributed by atoms with E-state index in [-0.39, 0.29) is 12.4 Å². The van der Waals surface area contributed by atoms with Gasteiger partial charge in [0.25, 0.3) is 0 Å². The fraction of sp³-hybridized carbons (Fsp3) is 0.455. The highest BCUT2D eigenvalue weighted by Gasteiger charge is 2.05. The Morgan fingerprint density at radius 2 is 2.07 bits per heavy atom. The quantitative estimate of drug-likeness (QED) is 0.795. The molecular formula is C11H16FNO. The zero-order chi connectivity index (χ0) is 10.6. The molecule has 0 amide bonds. The fourth-order valence-electron chi connectivity index (χ4n) is 1.43. The van der Waals surface area contributed by atoms with Crippen molar-refractivity contribution in [3.63, 3.8) is 0 Å². The van der Waals surface area contributed by atoms with Gasteiger partial charge < -0.3 is 10.0 Å². The number of anilines is 1. The normalized spacial score (nSPS) is 10.3. The molecule has 0 aliphatic carbocycles. The Morgan fingerprint density at radius 3 is 2.64 bits per heavy atom. The number of aliphatic hydroxyl groups excluding tert-OH is 1. The summed E-state index contributed by atoms with van der Waals surface area (Å²) >= 11 is 0.